The largest absolute Gasteiger partial charge is 0.481 e. The molecule has 66 valence electrons. The predicted molar refractivity (Wildman–Crippen MR) is 42.4 cm³/mol. The number of aryl methyl sites for hydroxylation is 1. The molecule has 1 rings (SSSR count). The van der Waals surface area contributed by atoms with Crippen molar-refractivity contribution in [3.05, 3.63) is 18.2 Å². The quantitative estimate of drug-likeness (QED) is 0.661. The lowest BCUT2D eigenvalue weighted by molar-refractivity contribution is -0.137. The van der Waals surface area contributed by atoms with E-state index in [1.54, 1.807) is 24.0 Å². The average molecular weight is 169 g/mol. The van der Waals surface area contributed by atoms with E-state index in [2.05, 4.69) is 4.98 Å². The van der Waals surface area contributed by atoms with Gasteiger partial charge in [-0.05, 0) is 0 Å². The monoisotopic (exact) mass is 169 g/mol. The van der Waals surface area contributed by atoms with Crippen molar-refractivity contribution in [2.24, 2.45) is 12.8 Å². The van der Waals surface area contributed by atoms with Crippen molar-refractivity contribution in [1.82, 2.24) is 9.55 Å². The molecule has 0 saturated carbocycles. The predicted octanol–water partition coefficient (Wildman–Crippen LogP) is -0.105. The first kappa shape index (κ1) is 8.73. The lowest BCUT2D eigenvalue weighted by Crippen LogP contribution is -2.18. The third-order valence-corrected chi connectivity index (χ3v) is 1.58. The molecular weight excluding hydrogens is 158 g/mol. The van der Waals surface area contributed by atoms with Gasteiger partial charge in [-0.3, -0.25) is 4.79 Å². The molecule has 0 aliphatic carbocycles. The summed E-state index contributed by atoms with van der Waals surface area (Å²) >= 11 is 0. The minimum atomic E-state index is -0.912. The second-order valence-electron chi connectivity index (χ2n) is 2.60. The summed E-state index contributed by atoms with van der Waals surface area (Å²) in [6, 6.07) is -0.525. The zero-order valence-electron chi connectivity index (χ0n) is 6.77. The highest BCUT2D eigenvalue weighted by Crippen LogP contribution is 2.09. The summed E-state index contributed by atoms with van der Waals surface area (Å²) < 4.78 is 1.72. The Hall–Kier alpha value is -1.36. The fourth-order valence-corrected chi connectivity index (χ4v) is 1.01. The fraction of sp³-hybridized carbons (Fsp3) is 0.429. The van der Waals surface area contributed by atoms with Gasteiger partial charge in [-0.1, -0.05) is 0 Å². The molecule has 1 heterocycles. The topological polar surface area (TPSA) is 81.1 Å². The van der Waals surface area contributed by atoms with Gasteiger partial charge in [0, 0.05) is 19.4 Å². The number of nitrogens with two attached hydrogens (primary N) is 1. The van der Waals surface area contributed by atoms with Gasteiger partial charge in [0.1, 0.15) is 5.82 Å². The SMILES string of the molecule is Cn1ccnc1[C@H](N)CC(=O)O. The molecule has 1 aromatic rings. The zero-order valence-corrected chi connectivity index (χ0v) is 6.77. The van der Waals surface area contributed by atoms with Crippen LogP contribution in [0.4, 0.5) is 0 Å². The molecule has 0 amide bonds. The minimum Gasteiger partial charge on any atom is -0.481 e. The molecule has 12 heavy (non-hydrogen) atoms. The second kappa shape index (κ2) is 3.36. The molecule has 0 saturated heterocycles. The molecule has 1 aromatic heterocycles. The van der Waals surface area contributed by atoms with E-state index in [0.29, 0.717) is 5.82 Å². The number of hydrogen-bond acceptors (Lipinski definition) is 3. The van der Waals surface area contributed by atoms with Crippen LogP contribution in [0.2, 0.25) is 0 Å². The van der Waals surface area contributed by atoms with Crippen LogP contribution in [0.1, 0.15) is 18.3 Å². The van der Waals surface area contributed by atoms with Crippen LogP contribution in [0.15, 0.2) is 12.4 Å². The molecule has 3 N–H and O–H groups in total. The van der Waals surface area contributed by atoms with Crippen molar-refractivity contribution < 1.29 is 9.90 Å². The van der Waals surface area contributed by atoms with Crippen molar-refractivity contribution in [3.63, 3.8) is 0 Å². The molecule has 0 bridgehead atoms. The Morgan fingerprint density at radius 2 is 2.58 bits per heavy atom. The van der Waals surface area contributed by atoms with Crippen LogP contribution in [-0.4, -0.2) is 20.6 Å². The van der Waals surface area contributed by atoms with Gasteiger partial charge < -0.3 is 15.4 Å². The summed E-state index contributed by atoms with van der Waals surface area (Å²) in [5.74, 6) is -0.317. The second-order valence-corrected chi connectivity index (χ2v) is 2.60. The van der Waals surface area contributed by atoms with Crippen LogP contribution < -0.4 is 5.73 Å². The highest BCUT2D eigenvalue weighted by molar-refractivity contribution is 5.67. The molecule has 0 aliphatic rings. The summed E-state index contributed by atoms with van der Waals surface area (Å²) in [7, 11) is 1.78. The van der Waals surface area contributed by atoms with Gasteiger partial charge in [-0.25, -0.2) is 4.98 Å². The Kier molecular flexibility index (Phi) is 2.44. The lowest BCUT2D eigenvalue weighted by atomic mass is 10.2. The zero-order chi connectivity index (χ0) is 9.14. The molecule has 5 heteroatoms. The smallest absolute Gasteiger partial charge is 0.305 e. The van der Waals surface area contributed by atoms with Gasteiger partial charge >= 0.3 is 5.97 Å². The van der Waals surface area contributed by atoms with Crippen molar-refractivity contribution in [3.8, 4) is 0 Å². The maximum absolute atomic E-state index is 10.3. The minimum absolute atomic E-state index is 0.0924. The Balaban J connectivity index is 2.71. The molecular formula is C7H11N3O2. The maximum Gasteiger partial charge on any atom is 0.305 e. The summed E-state index contributed by atoms with van der Waals surface area (Å²) in [6.07, 6.45) is 3.24. The summed E-state index contributed by atoms with van der Waals surface area (Å²) in [5, 5.41) is 8.46. The number of carbonyl (C=O) groups is 1. The van der Waals surface area contributed by atoms with Crippen LogP contribution in [-0.2, 0) is 11.8 Å². The number of nitrogens with zero attached hydrogens (tertiary/aromatic N) is 2. The van der Waals surface area contributed by atoms with Crippen molar-refractivity contribution in [1.29, 1.82) is 0 Å². The number of carboxylic acids is 1. The molecule has 0 fully saturated rings. The van der Waals surface area contributed by atoms with E-state index in [0.717, 1.165) is 0 Å². The van der Waals surface area contributed by atoms with Crippen LogP contribution in [0.25, 0.3) is 0 Å². The first-order chi connectivity index (χ1) is 5.61. The molecule has 1 atom stereocenters. The van der Waals surface area contributed by atoms with Gasteiger partial charge in [0.25, 0.3) is 0 Å². The molecule has 0 aliphatic heterocycles. The first-order valence-corrected chi connectivity index (χ1v) is 3.56. The van der Waals surface area contributed by atoms with E-state index >= 15 is 0 Å². The third kappa shape index (κ3) is 1.82. The van der Waals surface area contributed by atoms with Gasteiger partial charge in [-0.2, -0.15) is 0 Å². The highest BCUT2D eigenvalue weighted by atomic mass is 16.4. The normalized spacial score (nSPS) is 12.8. The van der Waals surface area contributed by atoms with E-state index in [9.17, 15) is 4.79 Å². The Bertz CT molecular complexity index is 282. The van der Waals surface area contributed by atoms with Crippen LogP contribution in [0, 0.1) is 0 Å². The van der Waals surface area contributed by atoms with Crippen LogP contribution in [0.5, 0.6) is 0 Å². The lowest BCUT2D eigenvalue weighted by Gasteiger charge is -2.07. The summed E-state index contributed by atoms with van der Waals surface area (Å²) in [5.41, 5.74) is 5.58. The standard InChI is InChI=1S/C7H11N3O2/c1-10-3-2-9-7(10)5(8)4-6(11)12/h2-3,5H,4,8H2,1H3,(H,11,12)/t5-/m1/s1. The Labute approximate surface area is 69.8 Å². The van der Waals surface area contributed by atoms with Gasteiger partial charge in [0.2, 0.25) is 0 Å². The van der Waals surface area contributed by atoms with Crippen molar-refractivity contribution in [2.75, 3.05) is 0 Å². The molecule has 0 aromatic carbocycles. The first-order valence-electron chi connectivity index (χ1n) is 3.56. The third-order valence-electron chi connectivity index (χ3n) is 1.58. The fourth-order valence-electron chi connectivity index (χ4n) is 1.01. The van der Waals surface area contributed by atoms with Crippen molar-refractivity contribution >= 4 is 5.97 Å². The van der Waals surface area contributed by atoms with Gasteiger partial charge in [-0.15, -0.1) is 0 Å². The van der Waals surface area contributed by atoms with E-state index < -0.39 is 12.0 Å². The van der Waals surface area contributed by atoms with E-state index in [1.165, 1.54) is 0 Å². The Morgan fingerprint density at radius 1 is 1.92 bits per heavy atom. The molecule has 0 radical (unpaired) electrons. The van der Waals surface area contributed by atoms with Crippen LogP contribution in [0.3, 0.4) is 0 Å². The molecule has 0 unspecified atom stereocenters. The highest BCUT2D eigenvalue weighted by Gasteiger charge is 2.13. The van der Waals surface area contributed by atoms with E-state index in [-0.39, 0.29) is 6.42 Å². The number of rotatable bonds is 3. The van der Waals surface area contributed by atoms with Gasteiger partial charge in [0.15, 0.2) is 0 Å². The number of carboxylic acid groups (broad SMARTS) is 1. The summed E-state index contributed by atoms with van der Waals surface area (Å²) in [6.45, 7) is 0. The number of hydrogen-bond donors (Lipinski definition) is 2. The maximum atomic E-state index is 10.3. The number of aromatic nitrogens is 2. The van der Waals surface area contributed by atoms with E-state index in [1.807, 2.05) is 0 Å². The van der Waals surface area contributed by atoms with Crippen molar-refractivity contribution in [2.45, 2.75) is 12.5 Å². The molecule has 5 nitrogen and oxygen atoms in total. The van der Waals surface area contributed by atoms with E-state index in [4.69, 9.17) is 10.8 Å². The number of imidazole rings is 1. The Morgan fingerprint density at radius 3 is 3.00 bits per heavy atom. The number of aliphatic carboxylic acids is 1. The van der Waals surface area contributed by atoms with Crippen LogP contribution >= 0.6 is 0 Å². The molecule has 0 spiro atoms. The average Bonchev–Trinajstić information content (AvgIpc) is 2.33. The summed E-state index contributed by atoms with van der Waals surface area (Å²) in [4.78, 5) is 14.2. The van der Waals surface area contributed by atoms with Gasteiger partial charge in [0.05, 0.1) is 12.5 Å².